The highest BCUT2D eigenvalue weighted by atomic mass is 19.1. The molecule has 2 nitrogen and oxygen atoms in total. The molecule has 0 saturated heterocycles. The molecule has 0 aliphatic heterocycles. The largest absolute Gasteiger partial charge is 0.299 e. The van der Waals surface area contributed by atoms with E-state index >= 15 is 0 Å². The number of halogens is 1. The molecule has 1 aliphatic rings. The minimum Gasteiger partial charge on any atom is -0.299 e. The second-order valence-electron chi connectivity index (χ2n) is 7.10. The Morgan fingerprint density at radius 1 is 1.24 bits per heavy atom. The fourth-order valence-electron chi connectivity index (χ4n) is 3.69. The lowest BCUT2D eigenvalue weighted by Crippen LogP contribution is -2.40. The summed E-state index contributed by atoms with van der Waals surface area (Å²) in [4.78, 5) is 12.3. The van der Waals surface area contributed by atoms with Crippen LogP contribution in [0.4, 0.5) is 4.39 Å². The van der Waals surface area contributed by atoms with Gasteiger partial charge in [-0.05, 0) is 35.2 Å². The van der Waals surface area contributed by atoms with E-state index in [9.17, 15) is 9.18 Å². The molecule has 0 N–H and O–H groups in total. The summed E-state index contributed by atoms with van der Waals surface area (Å²) in [5.74, 6) is -0.383. The van der Waals surface area contributed by atoms with Gasteiger partial charge >= 0.3 is 0 Å². The van der Waals surface area contributed by atoms with Gasteiger partial charge in [0.25, 0.3) is 0 Å². The average molecular weight is 333 g/mol. The number of Topliss-reactive ketones (excluding diaryl/α,β-unsaturated/α-hetero) is 1. The van der Waals surface area contributed by atoms with Crippen LogP contribution in [0.5, 0.6) is 0 Å². The van der Waals surface area contributed by atoms with Gasteiger partial charge in [-0.25, -0.2) is 4.39 Å². The third kappa shape index (κ3) is 3.00. The smallest absolute Gasteiger partial charge is 0.140 e. The Balaban J connectivity index is 2.06. The van der Waals surface area contributed by atoms with Gasteiger partial charge in [-0.3, -0.25) is 4.79 Å². The normalized spacial score (nSPS) is 23.4. The SMILES string of the molecule is C=C1CC(=O)[C@H](C)[C@@](C)(c2cccc(-c3ccc(F)c(C#N)c3)c2)C1. The lowest BCUT2D eigenvalue weighted by Gasteiger charge is -2.40. The van der Waals surface area contributed by atoms with Gasteiger partial charge in [0.05, 0.1) is 5.56 Å². The number of carbonyl (C=O) groups excluding carboxylic acids is 1. The van der Waals surface area contributed by atoms with Crippen molar-refractivity contribution in [2.75, 3.05) is 0 Å². The van der Waals surface area contributed by atoms with Gasteiger partial charge in [0, 0.05) is 17.8 Å². The Morgan fingerprint density at radius 2 is 1.96 bits per heavy atom. The van der Waals surface area contributed by atoms with Crippen molar-refractivity contribution < 1.29 is 9.18 Å². The molecule has 2 aromatic carbocycles. The number of carbonyl (C=O) groups is 1. The average Bonchev–Trinajstić information content (AvgIpc) is 2.60. The highest BCUT2D eigenvalue weighted by Gasteiger charge is 2.41. The molecule has 1 saturated carbocycles. The maximum Gasteiger partial charge on any atom is 0.140 e. The molecule has 25 heavy (non-hydrogen) atoms. The standard InChI is InChI=1S/C22H20FNO/c1-14-9-21(25)15(2)22(3,12-14)19-6-4-5-16(11-19)17-7-8-20(23)18(10-17)13-24/h4-8,10-11,15H,1,9,12H2,2-3H3/t15-,22-/m0/s1. The molecule has 0 aromatic heterocycles. The summed E-state index contributed by atoms with van der Waals surface area (Å²) < 4.78 is 13.6. The molecule has 0 unspecified atom stereocenters. The van der Waals surface area contributed by atoms with Crippen LogP contribution in [-0.2, 0) is 10.2 Å². The van der Waals surface area contributed by atoms with Crippen molar-refractivity contribution in [3.8, 4) is 17.2 Å². The first kappa shape index (κ1) is 17.1. The van der Waals surface area contributed by atoms with Crippen LogP contribution in [0.3, 0.4) is 0 Å². The first-order valence-electron chi connectivity index (χ1n) is 8.35. The summed E-state index contributed by atoms with van der Waals surface area (Å²) >= 11 is 0. The quantitative estimate of drug-likeness (QED) is 0.711. The maximum absolute atomic E-state index is 13.6. The Labute approximate surface area is 147 Å². The first-order valence-corrected chi connectivity index (χ1v) is 8.35. The molecule has 0 radical (unpaired) electrons. The van der Waals surface area contributed by atoms with E-state index in [-0.39, 0.29) is 22.7 Å². The molecular formula is C22H20FNO. The van der Waals surface area contributed by atoms with E-state index in [0.29, 0.717) is 6.42 Å². The van der Waals surface area contributed by atoms with Gasteiger partial charge in [0.15, 0.2) is 0 Å². The van der Waals surface area contributed by atoms with Crippen molar-refractivity contribution >= 4 is 5.78 Å². The lowest BCUT2D eigenvalue weighted by atomic mass is 9.62. The predicted molar refractivity (Wildman–Crippen MR) is 96.4 cm³/mol. The van der Waals surface area contributed by atoms with Crippen LogP contribution in [0.15, 0.2) is 54.6 Å². The van der Waals surface area contributed by atoms with Crippen molar-refractivity contribution in [2.24, 2.45) is 5.92 Å². The number of nitrogens with zero attached hydrogens (tertiary/aromatic N) is 1. The van der Waals surface area contributed by atoms with Crippen LogP contribution in [0.2, 0.25) is 0 Å². The van der Waals surface area contributed by atoms with Crippen LogP contribution in [0.25, 0.3) is 11.1 Å². The number of hydrogen-bond acceptors (Lipinski definition) is 2. The summed E-state index contributed by atoms with van der Waals surface area (Å²) in [7, 11) is 0. The van der Waals surface area contributed by atoms with Crippen LogP contribution in [0.1, 0.15) is 37.8 Å². The van der Waals surface area contributed by atoms with Crippen LogP contribution >= 0.6 is 0 Å². The molecular weight excluding hydrogens is 313 g/mol. The number of rotatable bonds is 2. The van der Waals surface area contributed by atoms with E-state index in [2.05, 4.69) is 13.5 Å². The minimum absolute atomic E-state index is 0.0312. The fraction of sp³-hybridized carbons (Fsp3) is 0.273. The van der Waals surface area contributed by atoms with E-state index in [1.54, 1.807) is 12.1 Å². The van der Waals surface area contributed by atoms with E-state index in [1.165, 1.54) is 6.07 Å². The Hall–Kier alpha value is -2.73. The summed E-state index contributed by atoms with van der Waals surface area (Å²) in [6.45, 7) is 8.12. The summed E-state index contributed by atoms with van der Waals surface area (Å²) in [6, 6.07) is 14.4. The van der Waals surface area contributed by atoms with Gasteiger partial charge in [0.2, 0.25) is 0 Å². The molecule has 0 amide bonds. The van der Waals surface area contributed by atoms with Gasteiger partial charge in [-0.15, -0.1) is 0 Å². The molecule has 1 aliphatic carbocycles. The Kier molecular flexibility index (Phi) is 4.30. The Morgan fingerprint density at radius 3 is 2.68 bits per heavy atom. The zero-order valence-corrected chi connectivity index (χ0v) is 14.5. The van der Waals surface area contributed by atoms with Crippen molar-refractivity contribution in [3.05, 3.63) is 71.6 Å². The zero-order chi connectivity index (χ0) is 18.2. The van der Waals surface area contributed by atoms with Crippen molar-refractivity contribution in [2.45, 2.75) is 32.1 Å². The van der Waals surface area contributed by atoms with Gasteiger partial charge < -0.3 is 0 Å². The van der Waals surface area contributed by atoms with E-state index in [1.807, 2.05) is 37.3 Å². The number of hydrogen-bond donors (Lipinski definition) is 0. The summed E-state index contributed by atoms with van der Waals surface area (Å²) in [6.07, 6.45) is 1.23. The van der Waals surface area contributed by atoms with Crippen LogP contribution in [-0.4, -0.2) is 5.78 Å². The molecule has 2 atom stereocenters. The zero-order valence-electron chi connectivity index (χ0n) is 14.5. The second kappa shape index (κ2) is 6.29. The molecule has 3 rings (SSSR count). The molecule has 1 fully saturated rings. The van der Waals surface area contributed by atoms with Crippen molar-refractivity contribution in [3.63, 3.8) is 0 Å². The second-order valence-corrected chi connectivity index (χ2v) is 7.10. The van der Waals surface area contributed by atoms with E-state index in [4.69, 9.17) is 5.26 Å². The molecule has 0 spiro atoms. The van der Waals surface area contributed by atoms with E-state index < -0.39 is 5.82 Å². The number of nitriles is 1. The predicted octanol–water partition coefficient (Wildman–Crippen LogP) is 5.18. The topological polar surface area (TPSA) is 40.9 Å². The van der Waals surface area contributed by atoms with Crippen LogP contribution in [0, 0.1) is 23.1 Å². The third-order valence-corrected chi connectivity index (χ3v) is 5.42. The maximum atomic E-state index is 13.6. The third-order valence-electron chi connectivity index (χ3n) is 5.42. The van der Waals surface area contributed by atoms with Gasteiger partial charge in [0.1, 0.15) is 17.7 Å². The summed E-state index contributed by atoms with van der Waals surface area (Å²) in [5.41, 5.74) is 3.45. The highest BCUT2D eigenvalue weighted by molar-refractivity contribution is 5.86. The molecule has 126 valence electrons. The Bertz CT molecular complexity index is 908. The summed E-state index contributed by atoms with van der Waals surface area (Å²) in [5, 5.41) is 9.05. The number of allylic oxidation sites excluding steroid dienone is 1. The van der Waals surface area contributed by atoms with Gasteiger partial charge in [-0.2, -0.15) is 5.26 Å². The van der Waals surface area contributed by atoms with E-state index in [0.717, 1.165) is 28.7 Å². The van der Waals surface area contributed by atoms with Crippen molar-refractivity contribution in [1.82, 2.24) is 0 Å². The fourth-order valence-corrected chi connectivity index (χ4v) is 3.69. The first-order chi connectivity index (χ1) is 11.8. The van der Waals surface area contributed by atoms with Crippen LogP contribution < -0.4 is 0 Å². The lowest BCUT2D eigenvalue weighted by molar-refractivity contribution is -0.125. The minimum atomic E-state index is -0.517. The highest BCUT2D eigenvalue weighted by Crippen LogP contribution is 2.44. The van der Waals surface area contributed by atoms with Crippen molar-refractivity contribution in [1.29, 1.82) is 5.26 Å². The van der Waals surface area contributed by atoms with Gasteiger partial charge in [-0.1, -0.05) is 56.3 Å². The molecule has 2 aromatic rings. The monoisotopic (exact) mass is 333 g/mol. The number of benzene rings is 2. The molecule has 0 bridgehead atoms. The molecule has 0 heterocycles. The number of ketones is 1. The molecule has 3 heteroatoms.